The van der Waals surface area contributed by atoms with E-state index in [0.717, 1.165) is 25.5 Å². The van der Waals surface area contributed by atoms with E-state index in [0.29, 0.717) is 12.5 Å². The number of guanidine groups is 1. The Balaban J connectivity index is 3.78. The van der Waals surface area contributed by atoms with Gasteiger partial charge < -0.3 is 15.7 Å². The molecule has 84 valence electrons. The van der Waals surface area contributed by atoms with Crippen LogP contribution in [0.3, 0.4) is 0 Å². The molecule has 0 saturated carbocycles. The molecule has 0 atom stereocenters. The van der Waals surface area contributed by atoms with E-state index in [-0.39, 0.29) is 6.61 Å². The average molecular weight is 201 g/mol. The molecule has 3 N–H and O–H groups in total. The Kier molecular flexibility index (Phi) is 8.33. The van der Waals surface area contributed by atoms with E-state index in [9.17, 15) is 0 Å². The number of rotatable bonds is 6. The highest BCUT2D eigenvalue weighted by molar-refractivity contribution is 5.79. The molecule has 14 heavy (non-hydrogen) atoms. The SMILES string of the molecule is CCNC(=NCCC(C)C)NCCO. The number of hydrogen-bond acceptors (Lipinski definition) is 2. The fraction of sp³-hybridized carbons (Fsp3) is 0.900. The van der Waals surface area contributed by atoms with Crippen LogP contribution in [-0.2, 0) is 0 Å². The molecule has 0 spiro atoms. The third-order valence-electron chi connectivity index (χ3n) is 1.72. The van der Waals surface area contributed by atoms with Crippen molar-refractivity contribution in [1.82, 2.24) is 10.6 Å². The van der Waals surface area contributed by atoms with Crippen molar-refractivity contribution in [3.8, 4) is 0 Å². The molecule has 0 aromatic carbocycles. The quantitative estimate of drug-likeness (QED) is 0.435. The van der Waals surface area contributed by atoms with Gasteiger partial charge in [-0.1, -0.05) is 13.8 Å². The molecule has 0 heterocycles. The Hall–Kier alpha value is -0.770. The van der Waals surface area contributed by atoms with Crippen LogP contribution in [0, 0.1) is 5.92 Å². The zero-order valence-corrected chi connectivity index (χ0v) is 9.51. The minimum absolute atomic E-state index is 0.134. The average Bonchev–Trinajstić information content (AvgIpc) is 2.13. The third-order valence-corrected chi connectivity index (χ3v) is 1.72. The molecular formula is C10H23N3O. The molecule has 0 fully saturated rings. The molecule has 0 aliphatic heterocycles. The Morgan fingerprint density at radius 2 is 2.07 bits per heavy atom. The predicted molar refractivity (Wildman–Crippen MR) is 60.5 cm³/mol. The summed E-state index contributed by atoms with van der Waals surface area (Å²) in [4.78, 5) is 4.37. The van der Waals surface area contributed by atoms with Crippen molar-refractivity contribution in [1.29, 1.82) is 0 Å². The summed E-state index contributed by atoms with van der Waals surface area (Å²) in [6.45, 7) is 8.76. The highest BCUT2D eigenvalue weighted by Crippen LogP contribution is 1.98. The van der Waals surface area contributed by atoms with E-state index in [4.69, 9.17) is 5.11 Å². The molecule has 0 aliphatic rings. The number of aliphatic imine (C=N–C) groups is 1. The topological polar surface area (TPSA) is 56.7 Å². The molecule has 0 saturated heterocycles. The summed E-state index contributed by atoms with van der Waals surface area (Å²) in [6, 6.07) is 0. The van der Waals surface area contributed by atoms with Gasteiger partial charge in [-0.3, -0.25) is 4.99 Å². The summed E-state index contributed by atoms with van der Waals surface area (Å²) < 4.78 is 0. The van der Waals surface area contributed by atoms with Crippen LogP contribution in [0.2, 0.25) is 0 Å². The first kappa shape index (κ1) is 13.2. The first-order valence-electron chi connectivity index (χ1n) is 5.33. The summed E-state index contributed by atoms with van der Waals surface area (Å²) >= 11 is 0. The first-order valence-corrected chi connectivity index (χ1v) is 5.33. The lowest BCUT2D eigenvalue weighted by molar-refractivity contribution is 0.300. The fourth-order valence-electron chi connectivity index (χ4n) is 0.951. The number of nitrogens with zero attached hydrogens (tertiary/aromatic N) is 1. The minimum atomic E-state index is 0.134. The van der Waals surface area contributed by atoms with E-state index in [2.05, 4.69) is 29.5 Å². The van der Waals surface area contributed by atoms with Gasteiger partial charge in [0.2, 0.25) is 0 Å². The summed E-state index contributed by atoms with van der Waals surface area (Å²) in [6.07, 6.45) is 1.09. The van der Waals surface area contributed by atoms with Crippen molar-refractivity contribution in [3.05, 3.63) is 0 Å². The van der Waals surface area contributed by atoms with Gasteiger partial charge in [0.15, 0.2) is 5.96 Å². The van der Waals surface area contributed by atoms with Crippen LogP contribution >= 0.6 is 0 Å². The zero-order valence-electron chi connectivity index (χ0n) is 9.51. The van der Waals surface area contributed by atoms with Crippen molar-refractivity contribution in [2.75, 3.05) is 26.2 Å². The smallest absolute Gasteiger partial charge is 0.191 e. The van der Waals surface area contributed by atoms with E-state index in [1.807, 2.05) is 6.92 Å². The number of hydrogen-bond donors (Lipinski definition) is 3. The molecule has 0 bridgehead atoms. The molecule has 0 aromatic heterocycles. The standard InChI is InChI=1S/C10H23N3O/c1-4-11-10(13-7-8-14)12-6-5-9(2)3/h9,14H,4-8H2,1-3H3,(H2,11,12,13). The maximum Gasteiger partial charge on any atom is 0.191 e. The van der Waals surface area contributed by atoms with Crippen LogP contribution in [0.15, 0.2) is 4.99 Å². The molecule has 4 heteroatoms. The second kappa shape index (κ2) is 8.81. The molecule has 0 unspecified atom stereocenters. The van der Waals surface area contributed by atoms with Gasteiger partial charge in [0.25, 0.3) is 0 Å². The van der Waals surface area contributed by atoms with Crippen molar-refractivity contribution >= 4 is 5.96 Å². The van der Waals surface area contributed by atoms with Crippen LogP contribution in [0.25, 0.3) is 0 Å². The van der Waals surface area contributed by atoms with Gasteiger partial charge in [-0.2, -0.15) is 0 Å². The van der Waals surface area contributed by atoms with Crippen LogP contribution in [0.4, 0.5) is 0 Å². The highest BCUT2D eigenvalue weighted by Gasteiger charge is 1.96. The second-order valence-corrected chi connectivity index (χ2v) is 3.59. The fourth-order valence-corrected chi connectivity index (χ4v) is 0.951. The molecule has 0 radical (unpaired) electrons. The Labute approximate surface area is 86.8 Å². The second-order valence-electron chi connectivity index (χ2n) is 3.59. The van der Waals surface area contributed by atoms with Gasteiger partial charge in [-0.05, 0) is 19.3 Å². The van der Waals surface area contributed by atoms with E-state index in [1.165, 1.54) is 0 Å². The van der Waals surface area contributed by atoms with Crippen molar-refractivity contribution in [2.45, 2.75) is 27.2 Å². The van der Waals surface area contributed by atoms with Crippen molar-refractivity contribution in [2.24, 2.45) is 10.9 Å². The summed E-state index contributed by atoms with van der Waals surface area (Å²) in [5, 5.41) is 14.8. The maximum atomic E-state index is 8.65. The lowest BCUT2D eigenvalue weighted by atomic mass is 10.1. The Morgan fingerprint density at radius 1 is 1.36 bits per heavy atom. The van der Waals surface area contributed by atoms with Crippen LogP contribution in [-0.4, -0.2) is 37.3 Å². The number of aliphatic hydroxyl groups excluding tert-OH is 1. The lowest BCUT2D eigenvalue weighted by Gasteiger charge is -2.10. The zero-order chi connectivity index (χ0) is 10.8. The number of nitrogens with one attached hydrogen (secondary N) is 2. The molecule has 0 rings (SSSR count). The highest BCUT2D eigenvalue weighted by atomic mass is 16.3. The predicted octanol–water partition coefficient (Wildman–Crippen LogP) is 0.580. The molecule has 0 aliphatic carbocycles. The van der Waals surface area contributed by atoms with Gasteiger partial charge in [0.05, 0.1) is 6.61 Å². The van der Waals surface area contributed by atoms with Gasteiger partial charge in [0.1, 0.15) is 0 Å². The minimum Gasteiger partial charge on any atom is -0.395 e. The van der Waals surface area contributed by atoms with Gasteiger partial charge in [-0.15, -0.1) is 0 Å². The summed E-state index contributed by atoms with van der Waals surface area (Å²) in [7, 11) is 0. The van der Waals surface area contributed by atoms with Crippen LogP contribution < -0.4 is 10.6 Å². The normalized spacial score (nSPS) is 11.9. The van der Waals surface area contributed by atoms with Gasteiger partial charge in [0, 0.05) is 19.6 Å². The molecule has 0 amide bonds. The van der Waals surface area contributed by atoms with Crippen molar-refractivity contribution < 1.29 is 5.11 Å². The summed E-state index contributed by atoms with van der Waals surface area (Å²) in [5.41, 5.74) is 0. The van der Waals surface area contributed by atoms with E-state index in [1.54, 1.807) is 0 Å². The maximum absolute atomic E-state index is 8.65. The van der Waals surface area contributed by atoms with Crippen LogP contribution in [0.1, 0.15) is 27.2 Å². The van der Waals surface area contributed by atoms with Gasteiger partial charge in [-0.25, -0.2) is 0 Å². The number of aliphatic hydroxyl groups is 1. The van der Waals surface area contributed by atoms with E-state index < -0.39 is 0 Å². The van der Waals surface area contributed by atoms with Crippen LogP contribution in [0.5, 0.6) is 0 Å². The Morgan fingerprint density at radius 3 is 2.57 bits per heavy atom. The summed E-state index contributed by atoms with van der Waals surface area (Å²) in [5.74, 6) is 1.47. The van der Waals surface area contributed by atoms with Crippen molar-refractivity contribution in [3.63, 3.8) is 0 Å². The molecular weight excluding hydrogens is 178 g/mol. The largest absolute Gasteiger partial charge is 0.395 e. The molecule has 4 nitrogen and oxygen atoms in total. The molecule has 0 aromatic rings. The van der Waals surface area contributed by atoms with E-state index >= 15 is 0 Å². The monoisotopic (exact) mass is 201 g/mol. The Bertz CT molecular complexity index is 157. The third kappa shape index (κ3) is 7.86. The first-order chi connectivity index (χ1) is 6.70. The lowest BCUT2D eigenvalue weighted by Crippen LogP contribution is -2.38. The van der Waals surface area contributed by atoms with Gasteiger partial charge >= 0.3 is 0 Å².